The number of imidazole rings is 1. The summed E-state index contributed by atoms with van der Waals surface area (Å²) in [5.41, 5.74) is 2.15. The summed E-state index contributed by atoms with van der Waals surface area (Å²) in [7, 11) is -2.07. The highest BCUT2D eigenvalue weighted by Gasteiger charge is 2.33. The molecule has 2 heterocycles. The van der Waals surface area contributed by atoms with Crippen LogP contribution in [0.2, 0.25) is 5.02 Å². The summed E-state index contributed by atoms with van der Waals surface area (Å²) in [6, 6.07) is 2.62. The van der Waals surface area contributed by atoms with Crippen LogP contribution in [-0.4, -0.2) is 42.8 Å². The first kappa shape index (κ1) is 21.7. The molecular weight excluding hydrogens is 423 g/mol. The number of carbonyl (C=O) groups is 1. The van der Waals surface area contributed by atoms with Gasteiger partial charge >= 0.3 is 0 Å². The number of sulfonamides is 1. The minimum atomic E-state index is -3.83. The molecule has 3 rings (SSSR count). The molecule has 158 valence electrons. The molecule has 1 aromatic heterocycles. The van der Waals surface area contributed by atoms with Crippen LogP contribution in [0.5, 0.6) is 0 Å². The van der Waals surface area contributed by atoms with Crippen molar-refractivity contribution in [2.45, 2.75) is 19.8 Å². The molecule has 2 N–H and O–H groups in total. The molecule has 0 aliphatic carbocycles. The van der Waals surface area contributed by atoms with E-state index >= 15 is 0 Å². The van der Waals surface area contributed by atoms with Gasteiger partial charge in [-0.25, -0.2) is 17.8 Å². The quantitative estimate of drug-likeness (QED) is 0.665. The highest BCUT2D eigenvalue weighted by atomic mass is 35.5. The zero-order valence-corrected chi connectivity index (χ0v) is 17.6. The lowest BCUT2D eigenvalue weighted by Gasteiger charge is -2.32. The Morgan fingerprint density at radius 1 is 1.38 bits per heavy atom. The molecule has 29 heavy (non-hydrogen) atoms. The number of hydrogen-bond donors (Lipinski definition) is 2. The Morgan fingerprint density at radius 2 is 2.07 bits per heavy atom. The first-order valence-corrected chi connectivity index (χ1v) is 11.0. The maximum atomic E-state index is 14.4. The molecule has 0 bridgehead atoms. The van der Waals surface area contributed by atoms with E-state index in [0.29, 0.717) is 37.3 Å². The van der Waals surface area contributed by atoms with Crippen LogP contribution < -0.4 is 10.3 Å². The lowest BCUT2D eigenvalue weighted by molar-refractivity contribution is 0.0340. The minimum Gasteiger partial charge on any atom is -0.381 e. The second kappa shape index (κ2) is 8.39. The number of nitrogens with one attached hydrogen (secondary N) is 2. The summed E-state index contributed by atoms with van der Waals surface area (Å²) in [6.07, 6.45) is 4.43. The maximum Gasteiger partial charge on any atom is 0.269 e. The van der Waals surface area contributed by atoms with Gasteiger partial charge in [-0.1, -0.05) is 18.5 Å². The highest BCUT2D eigenvalue weighted by Crippen LogP contribution is 2.31. The Balaban J connectivity index is 1.74. The molecule has 0 spiro atoms. The number of hydrogen-bond acceptors (Lipinski definition) is 5. The van der Waals surface area contributed by atoms with E-state index in [1.807, 2.05) is 11.8 Å². The van der Waals surface area contributed by atoms with Gasteiger partial charge in [0.1, 0.15) is 0 Å². The Labute approximate surface area is 173 Å². The molecule has 1 saturated heterocycles. The number of benzene rings is 1. The largest absolute Gasteiger partial charge is 0.381 e. The molecule has 0 saturated carbocycles. The SMILES string of the molecule is Cn1cnc(-c2cc(Cl)c(F)c(C(=O)NNS(=O)(=O)CC3(C)CCOCC3)c2)c1. The number of nitrogens with zero attached hydrogens (tertiary/aromatic N) is 2. The third kappa shape index (κ3) is 5.33. The van der Waals surface area contributed by atoms with Crippen molar-refractivity contribution in [1.82, 2.24) is 19.8 Å². The number of amides is 1. The molecule has 1 fully saturated rings. The summed E-state index contributed by atoms with van der Waals surface area (Å²) in [5, 5.41) is -0.268. The van der Waals surface area contributed by atoms with Crippen molar-refractivity contribution in [3.05, 3.63) is 41.1 Å². The first-order valence-electron chi connectivity index (χ1n) is 8.94. The molecular formula is C18H22ClFN4O4S. The van der Waals surface area contributed by atoms with Crippen molar-refractivity contribution in [1.29, 1.82) is 0 Å². The molecule has 1 amide bonds. The van der Waals surface area contributed by atoms with E-state index in [0.717, 1.165) is 0 Å². The predicted octanol–water partition coefficient (Wildman–Crippen LogP) is 2.26. The smallest absolute Gasteiger partial charge is 0.269 e. The average molecular weight is 445 g/mol. The second-order valence-electron chi connectivity index (χ2n) is 7.48. The van der Waals surface area contributed by atoms with Crippen LogP contribution in [0.15, 0.2) is 24.7 Å². The van der Waals surface area contributed by atoms with E-state index in [1.54, 1.807) is 24.1 Å². The highest BCUT2D eigenvalue weighted by molar-refractivity contribution is 7.89. The molecule has 2 aromatic rings. The standard InChI is InChI=1S/C18H22ClFN4O4S/c1-18(3-5-28-6-4-18)10-29(26,27)23-22-17(25)13-7-12(8-14(19)16(13)20)15-9-24(2)11-21-15/h7-9,11,23H,3-6,10H2,1-2H3,(H,22,25). The van der Waals surface area contributed by atoms with Crippen LogP contribution in [0.1, 0.15) is 30.1 Å². The summed E-state index contributed by atoms with van der Waals surface area (Å²) < 4.78 is 46.1. The number of halogens is 2. The number of hydrazine groups is 1. The summed E-state index contributed by atoms with van der Waals surface area (Å²) in [4.78, 5) is 18.6. The van der Waals surface area contributed by atoms with Crippen molar-refractivity contribution < 1.29 is 22.3 Å². The van der Waals surface area contributed by atoms with Crippen LogP contribution in [0, 0.1) is 11.2 Å². The molecule has 1 aliphatic rings. The molecule has 1 aliphatic heterocycles. The van der Waals surface area contributed by atoms with Crippen molar-refractivity contribution >= 4 is 27.5 Å². The molecule has 0 radical (unpaired) electrons. The zero-order valence-electron chi connectivity index (χ0n) is 16.0. The van der Waals surface area contributed by atoms with Crippen molar-refractivity contribution in [2.24, 2.45) is 12.5 Å². The van der Waals surface area contributed by atoms with E-state index in [1.165, 1.54) is 12.1 Å². The summed E-state index contributed by atoms with van der Waals surface area (Å²) >= 11 is 5.92. The first-order chi connectivity index (χ1) is 13.6. The maximum absolute atomic E-state index is 14.4. The third-order valence-electron chi connectivity index (χ3n) is 4.83. The number of aryl methyl sites for hydroxylation is 1. The van der Waals surface area contributed by atoms with Crippen molar-refractivity contribution in [3.63, 3.8) is 0 Å². The van der Waals surface area contributed by atoms with Gasteiger partial charge in [-0.3, -0.25) is 10.2 Å². The van der Waals surface area contributed by atoms with Crippen LogP contribution >= 0.6 is 11.6 Å². The van der Waals surface area contributed by atoms with Crippen LogP contribution in [0.3, 0.4) is 0 Å². The van der Waals surface area contributed by atoms with Gasteiger partial charge < -0.3 is 9.30 Å². The minimum absolute atomic E-state index is 0.180. The lowest BCUT2D eigenvalue weighted by Crippen LogP contribution is -2.46. The molecule has 8 nitrogen and oxygen atoms in total. The number of carbonyl (C=O) groups excluding carboxylic acids is 1. The van der Waals surface area contributed by atoms with Gasteiger partial charge in [0.25, 0.3) is 5.91 Å². The van der Waals surface area contributed by atoms with Gasteiger partial charge in [-0.05, 0) is 30.4 Å². The fraction of sp³-hybridized carbons (Fsp3) is 0.444. The van der Waals surface area contributed by atoms with E-state index in [2.05, 4.69) is 10.4 Å². The van der Waals surface area contributed by atoms with E-state index in [-0.39, 0.29) is 10.8 Å². The van der Waals surface area contributed by atoms with Crippen molar-refractivity contribution in [2.75, 3.05) is 19.0 Å². The van der Waals surface area contributed by atoms with Crippen LogP contribution in [0.25, 0.3) is 11.3 Å². The Hall–Kier alpha value is -2.01. The lowest BCUT2D eigenvalue weighted by atomic mass is 9.85. The molecule has 0 unspecified atom stereocenters. The Bertz CT molecular complexity index is 1020. The van der Waals surface area contributed by atoms with Gasteiger partial charge in [0, 0.05) is 32.0 Å². The molecule has 0 atom stereocenters. The molecule has 1 aromatic carbocycles. The monoisotopic (exact) mass is 444 g/mol. The van der Waals surface area contributed by atoms with Gasteiger partial charge in [0.15, 0.2) is 5.82 Å². The van der Waals surface area contributed by atoms with Gasteiger partial charge in [-0.2, -0.15) is 0 Å². The number of rotatable bonds is 6. The van der Waals surface area contributed by atoms with Gasteiger partial charge in [-0.15, -0.1) is 4.83 Å². The molecule has 11 heteroatoms. The third-order valence-corrected chi connectivity index (χ3v) is 6.60. The summed E-state index contributed by atoms with van der Waals surface area (Å²) in [6.45, 7) is 2.83. The van der Waals surface area contributed by atoms with Crippen LogP contribution in [-0.2, 0) is 21.8 Å². The number of aromatic nitrogens is 2. The zero-order chi connectivity index (χ0) is 21.2. The summed E-state index contributed by atoms with van der Waals surface area (Å²) in [5.74, 6) is -2.08. The van der Waals surface area contributed by atoms with E-state index in [4.69, 9.17) is 16.3 Å². The fourth-order valence-electron chi connectivity index (χ4n) is 3.16. The van der Waals surface area contributed by atoms with Crippen LogP contribution in [0.4, 0.5) is 4.39 Å². The number of ether oxygens (including phenoxy) is 1. The Kier molecular flexibility index (Phi) is 6.27. The van der Waals surface area contributed by atoms with Gasteiger partial charge in [0.05, 0.1) is 28.4 Å². The fourth-order valence-corrected chi connectivity index (χ4v) is 4.90. The normalized spacial score (nSPS) is 16.6. The predicted molar refractivity (Wildman–Crippen MR) is 106 cm³/mol. The van der Waals surface area contributed by atoms with E-state index in [9.17, 15) is 17.6 Å². The second-order valence-corrected chi connectivity index (χ2v) is 9.61. The Morgan fingerprint density at radius 3 is 2.69 bits per heavy atom. The average Bonchev–Trinajstić information content (AvgIpc) is 3.08. The topological polar surface area (TPSA) is 102 Å². The van der Waals surface area contributed by atoms with Crippen molar-refractivity contribution in [3.8, 4) is 11.3 Å². The van der Waals surface area contributed by atoms with Gasteiger partial charge in [0.2, 0.25) is 10.0 Å². The van der Waals surface area contributed by atoms with E-state index < -0.39 is 32.7 Å².